The van der Waals surface area contributed by atoms with E-state index in [9.17, 15) is 9.59 Å². The molecule has 16 heavy (non-hydrogen) atoms. The Morgan fingerprint density at radius 1 is 1.38 bits per heavy atom. The zero-order valence-electron chi connectivity index (χ0n) is 9.52. The Balaban J connectivity index is 2.48. The molecular formula is C11H15NO4. The molecule has 1 N–H and O–H groups in total. The van der Waals surface area contributed by atoms with Crippen LogP contribution in [0.1, 0.15) is 31.3 Å². The summed E-state index contributed by atoms with van der Waals surface area (Å²) in [4.78, 5) is 22.9. The first-order valence-corrected chi connectivity index (χ1v) is 5.05. The number of amides is 1. The summed E-state index contributed by atoms with van der Waals surface area (Å²) in [6.45, 7) is 5.06. The summed E-state index contributed by atoms with van der Waals surface area (Å²) >= 11 is 0. The number of hydrogen-bond acceptors (Lipinski definition) is 4. The van der Waals surface area contributed by atoms with E-state index >= 15 is 0 Å². The van der Waals surface area contributed by atoms with Crippen LogP contribution in [0, 0.1) is 0 Å². The standard InChI is InChI=1S/C11H15NO4/c1-7(2)16-11(14)8(3)12-10(13)9-5-4-6-15-9/h4-8H,1-3H3,(H,12,13). The number of hydrogen-bond donors (Lipinski definition) is 1. The number of esters is 1. The Morgan fingerprint density at radius 3 is 2.56 bits per heavy atom. The maximum atomic E-state index is 11.5. The molecule has 1 rings (SSSR count). The predicted octanol–water partition coefficient (Wildman–Crippen LogP) is 1.35. The average molecular weight is 225 g/mol. The van der Waals surface area contributed by atoms with Crippen LogP contribution in [0.2, 0.25) is 0 Å². The Kier molecular flexibility index (Phi) is 4.10. The fraction of sp³-hybridized carbons (Fsp3) is 0.455. The van der Waals surface area contributed by atoms with Gasteiger partial charge in [0, 0.05) is 0 Å². The van der Waals surface area contributed by atoms with Crippen LogP contribution in [0.5, 0.6) is 0 Å². The molecule has 0 spiro atoms. The highest BCUT2D eigenvalue weighted by Crippen LogP contribution is 2.01. The molecule has 1 heterocycles. The lowest BCUT2D eigenvalue weighted by Gasteiger charge is -2.14. The van der Waals surface area contributed by atoms with Crippen LogP contribution in [-0.4, -0.2) is 24.0 Å². The summed E-state index contributed by atoms with van der Waals surface area (Å²) in [6, 6.07) is 2.43. The van der Waals surface area contributed by atoms with Gasteiger partial charge in [0.05, 0.1) is 12.4 Å². The molecule has 0 fully saturated rings. The first kappa shape index (κ1) is 12.3. The van der Waals surface area contributed by atoms with E-state index < -0.39 is 17.9 Å². The van der Waals surface area contributed by atoms with Crippen molar-refractivity contribution in [2.45, 2.75) is 32.9 Å². The average Bonchev–Trinajstić information content (AvgIpc) is 2.68. The Bertz CT molecular complexity index is 356. The molecule has 0 aliphatic heterocycles. The smallest absolute Gasteiger partial charge is 0.328 e. The maximum absolute atomic E-state index is 11.5. The van der Waals surface area contributed by atoms with E-state index in [1.807, 2.05) is 0 Å². The van der Waals surface area contributed by atoms with Gasteiger partial charge in [0.1, 0.15) is 6.04 Å². The van der Waals surface area contributed by atoms with E-state index in [0.29, 0.717) is 0 Å². The molecule has 88 valence electrons. The number of carbonyl (C=O) groups excluding carboxylic acids is 2. The highest BCUT2D eigenvalue weighted by atomic mass is 16.5. The molecule has 0 aliphatic rings. The number of nitrogens with one attached hydrogen (secondary N) is 1. The molecule has 0 aliphatic carbocycles. The second-order valence-corrected chi connectivity index (χ2v) is 3.66. The number of carbonyl (C=O) groups is 2. The molecule has 1 unspecified atom stereocenters. The van der Waals surface area contributed by atoms with Crippen molar-refractivity contribution < 1.29 is 18.7 Å². The van der Waals surface area contributed by atoms with E-state index in [4.69, 9.17) is 9.15 Å². The second-order valence-electron chi connectivity index (χ2n) is 3.66. The third-order valence-corrected chi connectivity index (χ3v) is 1.80. The van der Waals surface area contributed by atoms with Crippen molar-refractivity contribution in [1.29, 1.82) is 0 Å². The highest BCUT2D eigenvalue weighted by molar-refractivity contribution is 5.94. The lowest BCUT2D eigenvalue weighted by atomic mass is 10.3. The topological polar surface area (TPSA) is 68.5 Å². The number of furan rings is 1. The molecule has 0 saturated heterocycles. The lowest BCUT2D eigenvalue weighted by Crippen LogP contribution is -2.40. The SMILES string of the molecule is CC(C)OC(=O)C(C)NC(=O)c1ccco1. The van der Waals surface area contributed by atoms with Crippen molar-refractivity contribution in [3.05, 3.63) is 24.2 Å². The first-order chi connectivity index (χ1) is 7.50. The minimum absolute atomic E-state index is 0.171. The van der Waals surface area contributed by atoms with Crippen LogP contribution in [0.4, 0.5) is 0 Å². The van der Waals surface area contributed by atoms with Crippen molar-refractivity contribution >= 4 is 11.9 Å². The van der Waals surface area contributed by atoms with Gasteiger partial charge in [-0.25, -0.2) is 4.79 Å². The third-order valence-electron chi connectivity index (χ3n) is 1.80. The first-order valence-electron chi connectivity index (χ1n) is 5.05. The molecule has 0 bridgehead atoms. The summed E-state index contributed by atoms with van der Waals surface area (Å²) in [5.74, 6) is -0.725. The van der Waals surface area contributed by atoms with Gasteiger partial charge in [0.25, 0.3) is 5.91 Å². The van der Waals surface area contributed by atoms with Crippen molar-refractivity contribution in [1.82, 2.24) is 5.32 Å². The van der Waals surface area contributed by atoms with Gasteiger partial charge in [-0.1, -0.05) is 0 Å². The summed E-state index contributed by atoms with van der Waals surface area (Å²) in [6.07, 6.45) is 1.20. The molecule has 5 nitrogen and oxygen atoms in total. The summed E-state index contributed by atoms with van der Waals surface area (Å²) in [5.41, 5.74) is 0. The van der Waals surface area contributed by atoms with Crippen molar-refractivity contribution in [2.75, 3.05) is 0 Å². The zero-order valence-corrected chi connectivity index (χ0v) is 9.52. The molecule has 0 radical (unpaired) electrons. The van der Waals surface area contributed by atoms with E-state index in [2.05, 4.69) is 5.32 Å². The van der Waals surface area contributed by atoms with E-state index in [-0.39, 0.29) is 11.9 Å². The van der Waals surface area contributed by atoms with Gasteiger partial charge in [0.2, 0.25) is 0 Å². The molecule has 5 heteroatoms. The van der Waals surface area contributed by atoms with Crippen molar-refractivity contribution in [2.24, 2.45) is 0 Å². The Hall–Kier alpha value is -1.78. The summed E-state index contributed by atoms with van der Waals surface area (Å²) < 4.78 is 9.84. The molecule has 1 aromatic rings. The monoisotopic (exact) mass is 225 g/mol. The molecule has 0 aromatic carbocycles. The van der Waals surface area contributed by atoms with E-state index in [1.165, 1.54) is 12.3 Å². The van der Waals surface area contributed by atoms with Crippen LogP contribution in [0.3, 0.4) is 0 Å². The Morgan fingerprint density at radius 2 is 2.06 bits per heavy atom. The van der Waals surface area contributed by atoms with Crippen LogP contribution in [0.15, 0.2) is 22.8 Å². The number of ether oxygens (including phenoxy) is 1. The van der Waals surface area contributed by atoms with Gasteiger partial charge < -0.3 is 14.5 Å². The van der Waals surface area contributed by atoms with Crippen LogP contribution >= 0.6 is 0 Å². The molecule has 1 aromatic heterocycles. The fourth-order valence-electron chi connectivity index (χ4n) is 1.07. The van der Waals surface area contributed by atoms with Crippen molar-refractivity contribution in [3.8, 4) is 0 Å². The molecule has 1 amide bonds. The normalized spacial score (nSPS) is 12.2. The zero-order chi connectivity index (χ0) is 12.1. The lowest BCUT2D eigenvalue weighted by molar-refractivity contribution is -0.149. The van der Waals surface area contributed by atoms with Gasteiger partial charge in [-0.3, -0.25) is 4.79 Å². The van der Waals surface area contributed by atoms with E-state index in [1.54, 1.807) is 26.8 Å². The molecule has 1 atom stereocenters. The minimum Gasteiger partial charge on any atom is -0.461 e. The molecular weight excluding hydrogens is 210 g/mol. The molecule has 0 saturated carbocycles. The van der Waals surface area contributed by atoms with Crippen LogP contribution in [-0.2, 0) is 9.53 Å². The predicted molar refractivity (Wildman–Crippen MR) is 56.9 cm³/mol. The minimum atomic E-state index is -0.694. The third kappa shape index (κ3) is 3.42. The highest BCUT2D eigenvalue weighted by Gasteiger charge is 2.19. The largest absolute Gasteiger partial charge is 0.461 e. The quantitative estimate of drug-likeness (QED) is 0.785. The maximum Gasteiger partial charge on any atom is 0.328 e. The number of rotatable bonds is 4. The van der Waals surface area contributed by atoms with Gasteiger partial charge in [-0.15, -0.1) is 0 Å². The van der Waals surface area contributed by atoms with Gasteiger partial charge in [-0.2, -0.15) is 0 Å². The van der Waals surface area contributed by atoms with Gasteiger partial charge in [-0.05, 0) is 32.9 Å². The summed E-state index contributed by atoms with van der Waals surface area (Å²) in [7, 11) is 0. The van der Waals surface area contributed by atoms with Crippen LogP contribution in [0.25, 0.3) is 0 Å². The summed E-state index contributed by atoms with van der Waals surface area (Å²) in [5, 5.41) is 2.48. The van der Waals surface area contributed by atoms with Gasteiger partial charge >= 0.3 is 5.97 Å². The second kappa shape index (κ2) is 5.34. The van der Waals surface area contributed by atoms with Gasteiger partial charge in [0.15, 0.2) is 5.76 Å². The van der Waals surface area contributed by atoms with Crippen molar-refractivity contribution in [3.63, 3.8) is 0 Å². The van der Waals surface area contributed by atoms with E-state index in [0.717, 1.165) is 0 Å². The fourth-order valence-corrected chi connectivity index (χ4v) is 1.07. The Labute approximate surface area is 93.8 Å². The van der Waals surface area contributed by atoms with Crippen LogP contribution < -0.4 is 5.32 Å².